The van der Waals surface area contributed by atoms with Crippen molar-refractivity contribution in [2.45, 2.75) is 51.1 Å². The van der Waals surface area contributed by atoms with Crippen LogP contribution in [0.3, 0.4) is 0 Å². The molecule has 0 amide bonds. The number of hydrogen-bond acceptors (Lipinski definition) is 3. The minimum atomic E-state index is -4.67. The molecule has 0 saturated carbocycles. The zero-order valence-corrected chi connectivity index (χ0v) is 12.5. The minimum absolute atomic E-state index is 0.230. The minimum Gasteiger partial charge on any atom is -0.406 e. The summed E-state index contributed by atoms with van der Waals surface area (Å²) in [6, 6.07) is 5.54. The molecule has 0 bridgehead atoms. The molecule has 1 atom stereocenters. The molecule has 0 heterocycles. The predicted molar refractivity (Wildman–Crippen MR) is 75.1 cm³/mol. The molecular weight excluding hydrogens is 283 g/mol. The Bertz CT molecular complexity index is 419. The van der Waals surface area contributed by atoms with Crippen LogP contribution in [0.4, 0.5) is 13.2 Å². The van der Waals surface area contributed by atoms with Gasteiger partial charge in [0.05, 0.1) is 5.60 Å². The number of methoxy groups -OCH3 is 1. The zero-order valence-electron chi connectivity index (χ0n) is 12.5. The van der Waals surface area contributed by atoms with Gasteiger partial charge in [-0.2, -0.15) is 0 Å². The van der Waals surface area contributed by atoms with Crippen LogP contribution in [0.2, 0.25) is 0 Å². The molecule has 0 aliphatic heterocycles. The molecule has 0 aromatic heterocycles. The van der Waals surface area contributed by atoms with Gasteiger partial charge in [0.2, 0.25) is 0 Å². The molecule has 0 aliphatic carbocycles. The van der Waals surface area contributed by atoms with Crippen molar-refractivity contribution >= 4 is 0 Å². The largest absolute Gasteiger partial charge is 0.573 e. The summed E-state index contributed by atoms with van der Waals surface area (Å²) in [4.78, 5) is 0. The smallest absolute Gasteiger partial charge is 0.406 e. The number of nitrogens with two attached hydrogens (primary N) is 1. The van der Waals surface area contributed by atoms with E-state index in [9.17, 15) is 13.2 Å². The highest BCUT2D eigenvalue weighted by atomic mass is 19.4. The quantitative estimate of drug-likeness (QED) is 0.836. The summed E-state index contributed by atoms with van der Waals surface area (Å²) in [5.74, 6) is -0.233. The molecule has 120 valence electrons. The van der Waals surface area contributed by atoms with E-state index in [0.29, 0.717) is 6.42 Å². The molecule has 1 aromatic rings. The summed E-state index contributed by atoms with van der Waals surface area (Å²) in [6.07, 6.45) is -2.60. The average molecular weight is 305 g/mol. The number of alkyl halides is 3. The summed E-state index contributed by atoms with van der Waals surface area (Å²) in [7, 11) is 1.63. The van der Waals surface area contributed by atoms with Gasteiger partial charge in [0, 0.05) is 13.2 Å². The van der Waals surface area contributed by atoms with Gasteiger partial charge in [0.25, 0.3) is 0 Å². The van der Waals surface area contributed by atoms with Crippen molar-refractivity contribution < 1.29 is 22.6 Å². The zero-order chi connectivity index (χ0) is 16.1. The van der Waals surface area contributed by atoms with Gasteiger partial charge in [-0.15, -0.1) is 13.2 Å². The fraction of sp³-hybridized carbons (Fsp3) is 0.600. The number of ether oxygens (including phenoxy) is 2. The maximum atomic E-state index is 12.1. The van der Waals surface area contributed by atoms with Crippen molar-refractivity contribution in [1.29, 1.82) is 0 Å². The van der Waals surface area contributed by atoms with E-state index in [4.69, 9.17) is 10.5 Å². The average Bonchev–Trinajstić information content (AvgIpc) is 2.42. The summed E-state index contributed by atoms with van der Waals surface area (Å²) in [5.41, 5.74) is 6.65. The molecule has 1 rings (SSSR count). The first kappa shape index (κ1) is 17.8. The van der Waals surface area contributed by atoms with Crippen LogP contribution in [0.15, 0.2) is 24.3 Å². The third-order valence-electron chi connectivity index (χ3n) is 3.89. The number of halogens is 3. The lowest BCUT2D eigenvalue weighted by atomic mass is 9.85. The van der Waals surface area contributed by atoms with E-state index in [1.54, 1.807) is 19.2 Å². The molecule has 1 aromatic carbocycles. The number of rotatable bonds is 7. The van der Waals surface area contributed by atoms with E-state index in [2.05, 4.69) is 4.74 Å². The third kappa shape index (κ3) is 4.89. The van der Waals surface area contributed by atoms with Gasteiger partial charge in [-0.1, -0.05) is 26.0 Å². The molecule has 6 heteroatoms. The molecule has 0 fully saturated rings. The Morgan fingerprint density at radius 2 is 1.62 bits per heavy atom. The Kier molecular flexibility index (Phi) is 6.04. The fourth-order valence-electron chi connectivity index (χ4n) is 2.48. The van der Waals surface area contributed by atoms with E-state index in [1.807, 2.05) is 13.8 Å². The first-order chi connectivity index (χ1) is 9.76. The van der Waals surface area contributed by atoms with Crippen molar-refractivity contribution in [3.63, 3.8) is 0 Å². The standard InChI is InChI=1S/C15H22F3NO2/c1-4-14(5-2,20-3)13(19)10-11-6-8-12(9-7-11)21-15(16,17)18/h6-9,13H,4-5,10,19H2,1-3H3. The molecule has 1 unspecified atom stereocenters. The maximum absolute atomic E-state index is 12.1. The highest BCUT2D eigenvalue weighted by molar-refractivity contribution is 5.28. The lowest BCUT2D eigenvalue weighted by Crippen LogP contribution is -2.50. The molecule has 0 saturated heterocycles. The maximum Gasteiger partial charge on any atom is 0.573 e. The van der Waals surface area contributed by atoms with Crippen molar-refractivity contribution in [2.24, 2.45) is 5.73 Å². The molecule has 3 nitrogen and oxygen atoms in total. The van der Waals surface area contributed by atoms with E-state index in [0.717, 1.165) is 18.4 Å². The van der Waals surface area contributed by atoms with Gasteiger partial charge in [0.15, 0.2) is 0 Å². The summed E-state index contributed by atoms with van der Waals surface area (Å²) < 4.78 is 45.7. The van der Waals surface area contributed by atoms with Crippen LogP contribution in [0.5, 0.6) is 5.75 Å². The number of hydrogen-bond donors (Lipinski definition) is 1. The second kappa shape index (κ2) is 7.13. The van der Waals surface area contributed by atoms with E-state index in [1.165, 1.54) is 12.1 Å². The van der Waals surface area contributed by atoms with Crippen LogP contribution in [0, 0.1) is 0 Å². The van der Waals surface area contributed by atoms with Gasteiger partial charge in [-0.3, -0.25) is 0 Å². The first-order valence-corrected chi connectivity index (χ1v) is 6.91. The highest BCUT2D eigenvalue weighted by Crippen LogP contribution is 2.27. The molecule has 2 N–H and O–H groups in total. The van der Waals surface area contributed by atoms with Gasteiger partial charge in [-0.25, -0.2) is 0 Å². The summed E-state index contributed by atoms with van der Waals surface area (Å²) in [5, 5.41) is 0. The van der Waals surface area contributed by atoms with Gasteiger partial charge < -0.3 is 15.2 Å². The lowest BCUT2D eigenvalue weighted by molar-refractivity contribution is -0.274. The van der Waals surface area contributed by atoms with Gasteiger partial charge in [-0.05, 0) is 37.0 Å². The second-order valence-corrected chi connectivity index (χ2v) is 4.98. The van der Waals surface area contributed by atoms with Crippen molar-refractivity contribution in [3.05, 3.63) is 29.8 Å². The fourth-order valence-corrected chi connectivity index (χ4v) is 2.48. The third-order valence-corrected chi connectivity index (χ3v) is 3.89. The second-order valence-electron chi connectivity index (χ2n) is 4.98. The Balaban J connectivity index is 2.75. The Morgan fingerprint density at radius 3 is 2.00 bits per heavy atom. The molecule has 0 aliphatic rings. The van der Waals surface area contributed by atoms with E-state index >= 15 is 0 Å². The van der Waals surface area contributed by atoms with Crippen molar-refractivity contribution in [1.82, 2.24) is 0 Å². The Labute approximate surface area is 123 Å². The molecular formula is C15H22F3NO2. The molecule has 0 radical (unpaired) electrons. The van der Waals surface area contributed by atoms with Gasteiger partial charge >= 0.3 is 6.36 Å². The Morgan fingerprint density at radius 1 is 1.10 bits per heavy atom. The van der Waals surface area contributed by atoms with Crippen molar-refractivity contribution in [3.8, 4) is 5.75 Å². The van der Waals surface area contributed by atoms with Crippen molar-refractivity contribution in [2.75, 3.05) is 7.11 Å². The normalized spacial score (nSPS) is 14.0. The Hall–Kier alpha value is -1.27. The van der Waals surface area contributed by atoms with Crippen LogP contribution in [-0.4, -0.2) is 25.1 Å². The summed E-state index contributed by atoms with van der Waals surface area (Å²) in [6.45, 7) is 4.01. The molecule has 0 spiro atoms. The first-order valence-electron chi connectivity index (χ1n) is 6.91. The van der Waals surface area contributed by atoms with Crippen LogP contribution in [0.1, 0.15) is 32.3 Å². The topological polar surface area (TPSA) is 44.5 Å². The predicted octanol–water partition coefficient (Wildman–Crippen LogP) is 3.66. The van der Waals surface area contributed by atoms with Crippen LogP contribution in [-0.2, 0) is 11.2 Å². The lowest BCUT2D eigenvalue weighted by Gasteiger charge is -2.36. The van der Waals surface area contributed by atoms with Crippen LogP contribution >= 0.6 is 0 Å². The van der Waals surface area contributed by atoms with E-state index < -0.39 is 12.0 Å². The number of benzene rings is 1. The monoisotopic (exact) mass is 305 g/mol. The highest BCUT2D eigenvalue weighted by Gasteiger charge is 2.33. The van der Waals surface area contributed by atoms with Gasteiger partial charge in [0.1, 0.15) is 5.75 Å². The van der Waals surface area contributed by atoms with E-state index in [-0.39, 0.29) is 11.8 Å². The SMILES string of the molecule is CCC(CC)(OC)C(N)Cc1ccc(OC(F)(F)F)cc1. The molecule has 21 heavy (non-hydrogen) atoms. The van der Waals surface area contributed by atoms with Crippen LogP contribution < -0.4 is 10.5 Å². The summed E-state index contributed by atoms with van der Waals surface area (Å²) >= 11 is 0. The van der Waals surface area contributed by atoms with Crippen LogP contribution in [0.25, 0.3) is 0 Å².